The maximum Gasteiger partial charge on any atom is 0.297 e. The largest absolute Gasteiger partial charge is 0.305 e. The number of hydrogen-bond acceptors (Lipinski definition) is 3. The van der Waals surface area contributed by atoms with Gasteiger partial charge >= 0.3 is 0 Å². The summed E-state index contributed by atoms with van der Waals surface area (Å²) in [5.41, 5.74) is 3.55. The van der Waals surface area contributed by atoms with E-state index >= 15 is 0 Å². The van der Waals surface area contributed by atoms with E-state index in [1.807, 2.05) is 25.3 Å². The first-order valence-corrected chi connectivity index (χ1v) is 9.85. The van der Waals surface area contributed by atoms with Crippen LogP contribution in [0.25, 0.3) is 10.2 Å². The number of thiazole rings is 1. The second kappa shape index (κ2) is 7.53. The van der Waals surface area contributed by atoms with Gasteiger partial charge in [0, 0.05) is 6.04 Å². The molecule has 0 N–H and O–H groups in total. The Morgan fingerprint density at radius 1 is 1.30 bits per heavy atom. The van der Waals surface area contributed by atoms with Gasteiger partial charge in [-0.2, -0.15) is 10.1 Å². The Morgan fingerprint density at radius 2 is 2.04 bits per heavy atom. The van der Waals surface area contributed by atoms with Crippen LogP contribution in [0.2, 0.25) is 0 Å². The summed E-state index contributed by atoms with van der Waals surface area (Å²) < 4.78 is 4.72. The van der Waals surface area contributed by atoms with E-state index < -0.39 is 0 Å². The van der Waals surface area contributed by atoms with Crippen molar-refractivity contribution in [3.05, 3.63) is 46.0 Å². The summed E-state index contributed by atoms with van der Waals surface area (Å²) in [6, 6.07) is 8.19. The molecule has 0 saturated carbocycles. The lowest BCUT2D eigenvalue weighted by atomic mass is 10.0. The molecular formula is C21H24N4OS. The fourth-order valence-electron chi connectivity index (χ4n) is 2.99. The molecule has 0 aliphatic carbocycles. The highest BCUT2D eigenvalue weighted by Crippen LogP contribution is 2.23. The Kier molecular flexibility index (Phi) is 5.33. The van der Waals surface area contributed by atoms with Gasteiger partial charge in [0.2, 0.25) is 0 Å². The number of rotatable bonds is 4. The molecule has 0 saturated heterocycles. The summed E-state index contributed by atoms with van der Waals surface area (Å²) in [5, 5.41) is 4.41. The average molecular weight is 381 g/mol. The van der Waals surface area contributed by atoms with Crippen molar-refractivity contribution >= 4 is 27.5 Å². The molecule has 0 radical (unpaired) electrons. The molecule has 0 fully saturated rings. The van der Waals surface area contributed by atoms with Gasteiger partial charge in [0.05, 0.1) is 22.5 Å². The third-order valence-electron chi connectivity index (χ3n) is 4.39. The second-order valence-corrected chi connectivity index (χ2v) is 8.19. The van der Waals surface area contributed by atoms with Crippen LogP contribution in [-0.2, 0) is 6.54 Å². The number of carbonyl (C=O) groups is 1. The lowest BCUT2D eigenvalue weighted by Gasteiger charge is -2.08. The molecule has 3 aromatic rings. The summed E-state index contributed by atoms with van der Waals surface area (Å²) in [4.78, 5) is 17.9. The van der Waals surface area contributed by atoms with Crippen molar-refractivity contribution in [2.45, 2.75) is 53.1 Å². The lowest BCUT2D eigenvalue weighted by Crippen LogP contribution is -2.18. The predicted octanol–water partition coefficient (Wildman–Crippen LogP) is 4.29. The number of carbonyl (C=O) groups excluding carboxylic acids is 1. The third-order valence-corrected chi connectivity index (χ3v) is 5.43. The summed E-state index contributed by atoms with van der Waals surface area (Å²) in [6.07, 6.45) is 5.56. The number of terminal acetylenes is 1. The van der Waals surface area contributed by atoms with E-state index in [9.17, 15) is 4.79 Å². The van der Waals surface area contributed by atoms with Gasteiger partial charge in [-0.15, -0.1) is 6.42 Å². The van der Waals surface area contributed by atoms with Crippen molar-refractivity contribution in [2.24, 2.45) is 4.99 Å². The van der Waals surface area contributed by atoms with E-state index in [4.69, 9.17) is 6.42 Å². The van der Waals surface area contributed by atoms with E-state index in [1.165, 1.54) is 16.9 Å². The standard InChI is InChI=1S/C21H24N4OS/c1-7-10-24-17-9-8-16(13(2)3)12-19(17)27-21(24)22-20(26)18-11-15(6)23-25(18)14(4)5/h1,8-9,11-14H,10H2,2-6H3. The summed E-state index contributed by atoms with van der Waals surface area (Å²) in [7, 11) is 0. The zero-order valence-corrected chi connectivity index (χ0v) is 17.2. The van der Waals surface area contributed by atoms with Crippen LogP contribution in [0, 0.1) is 19.3 Å². The molecule has 1 aromatic carbocycles. The number of amides is 1. The van der Waals surface area contributed by atoms with Crippen LogP contribution >= 0.6 is 11.3 Å². The number of benzene rings is 1. The Balaban J connectivity index is 2.16. The van der Waals surface area contributed by atoms with Gasteiger partial charge in [-0.25, -0.2) is 0 Å². The monoisotopic (exact) mass is 380 g/mol. The Labute approximate surface area is 163 Å². The normalized spacial score (nSPS) is 12.3. The van der Waals surface area contributed by atoms with Gasteiger partial charge in [-0.3, -0.25) is 9.48 Å². The number of nitrogens with zero attached hydrogens (tertiary/aromatic N) is 4. The molecule has 27 heavy (non-hydrogen) atoms. The maximum absolute atomic E-state index is 12.9. The van der Waals surface area contributed by atoms with Gasteiger partial charge in [-0.1, -0.05) is 37.2 Å². The minimum Gasteiger partial charge on any atom is -0.305 e. The van der Waals surface area contributed by atoms with E-state index in [2.05, 4.69) is 48.1 Å². The second-order valence-electron chi connectivity index (χ2n) is 7.18. The van der Waals surface area contributed by atoms with Crippen LogP contribution in [0.3, 0.4) is 0 Å². The first-order chi connectivity index (χ1) is 12.8. The minimum absolute atomic E-state index is 0.0849. The molecule has 6 heteroatoms. The number of fused-ring (bicyclic) bond motifs is 1. The number of aryl methyl sites for hydroxylation is 1. The van der Waals surface area contributed by atoms with Crippen LogP contribution in [0.15, 0.2) is 29.3 Å². The molecule has 0 unspecified atom stereocenters. The minimum atomic E-state index is -0.300. The fourth-order valence-corrected chi connectivity index (χ4v) is 4.07. The molecule has 0 aliphatic heterocycles. The summed E-state index contributed by atoms with van der Waals surface area (Å²) >= 11 is 1.49. The zero-order chi connectivity index (χ0) is 19.7. The smallest absolute Gasteiger partial charge is 0.297 e. The average Bonchev–Trinajstić information content (AvgIpc) is 3.16. The molecule has 0 spiro atoms. The Bertz CT molecular complexity index is 1110. The van der Waals surface area contributed by atoms with Crippen molar-refractivity contribution in [2.75, 3.05) is 0 Å². The van der Waals surface area contributed by atoms with Crippen LogP contribution in [-0.4, -0.2) is 20.3 Å². The molecule has 2 aromatic heterocycles. The van der Waals surface area contributed by atoms with Crippen LogP contribution in [0.1, 0.15) is 61.4 Å². The SMILES string of the molecule is C#CCn1c(=NC(=O)c2cc(C)nn2C(C)C)sc2cc(C(C)C)ccc21. The molecule has 3 rings (SSSR count). The van der Waals surface area contributed by atoms with Crippen molar-refractivity contribution in [3.8, 4) is 12.3 Å². The molecule has 5 nitrogen and oxygen atoms in total. The van der Waals surface area contributed by atoms with E-state index in [0.717, 1.165) is 15.9 Å². The Hall–Kier alpha value is -2.65. The lowest BCUT2D eigenvalue weighted by molar-refractivity contribution is 0.0986. The van der Waals surface area contributed by atoms with E-state index in [-0.39, 0.29) is 11.9 Å². The van der Waals surface area contributed by atoms with E-state index in [0.29, 0.717) is 23.0 Å². The first kappa shape index (κ1) is 19.1. The van der Waals surface area contributed by atoms with Gasteiger partial charge < -0.3 is 4.57 Å². The molecule has 140 valence electrons. The summed E-state index contributed by atoms with van der Waals surface area (Å²) in [5.74, 6) is 2.80. The fraction of sp³-hybridized carbons (Fsp3) is 0.381. The predicted molar refractivity (Wildman–Crippen MR) is 110 cm³/mol. The molecule has 0 atom stereocenters. The quantitative estimate of drug-likeness (QED) is 0.634. The van der Waals surface area contributed by atoms with Crippen LogP contribution in [0.4, 0.5) is 0 Å². The highest BCUT2D eigenvalue weighted by molar-refractivity contribution is 7.16. The topological polar surface area (TPSA) is 52.2 Å². The molecule has 0 bridgehead atoms. The van der Waals surface area contributed by atoms with Crippen molar-refractivity contribution in [1.29, 1.82) is 0 Å². The van der Waals surface area contributed by atoms with Crippen LogP contribution < -0.4 is 4.80 Å². The van der Waals surface area contributed by atoms with Crippen molar-refractivity contribution in [3.63, 3.8) is 0 Å². The van der Waals surface area contributed by atoms with Crippen LogP contribution in [0.5, 0.6) is 0 Å². The summed E-state index contributed by atoms with van der Waals surface area (Å²) in [6.45, 7) is 10.6. The highest BCUT2D eigenvalue weighted by atomic mass is 32.1. The number of hydrogen-bond donors (Lipinski definition) is 0. The Morgan fingerprint density at radius 3 is 2.67 bits per heavy atom. The number of aromatic nitrogens is 3. The zero-order valence-electron chi connectivity index (χ0n) is 16.4. The molecular weight excluding hydrogens is 356 g/mol. The first-order valence-electron chi connectivity index (χ1n) is 9.03. The highest BCUT2D eigenvalue weighted by Gasteiger charge is 2.16. The van der Waals surface area contributed by atoms with Gasteiger partial charge in [0.1, 0.15) is 5.69 Å². The maximum atomic E-state index is 12.9. The van der Waals surface area contributed by atoms with Crippen molar-refractivity contribution < 1.29 is 4.79 Å². The van der Waals surface area contributed by atoms with Gasteiger partial charge in [0.15, 0.2) is 4.80 Å². The van der Waals surface area contributed by atoms with Gasteiger partial charge in [-0.05, 0) is 50.5 Å². The third kappa shape index (κ3) is 3.74. The van der Waals surface area contributed by atoms with Gasteiger partial charge in [0.25, 0.3) is 5.91 Å². The van der Waals surface area contributed by atoms with E-state index in [1.54, 1.807) is 10.7 Å². The van der Waals surface area contributed by atoms with Crippen molar-refractivity contribution in [1.82, 2.24) is 14.3 Å². The molecule has 2 heterocycles. The molecule has 0 aliphatic rings. The molecule has 1 amide bonds.